The first-order valence-corrected chi connectivity index (χ1v) is 7.18. The maximum absolute atomic E-state index is 11.8. The van der Waals surface area contributed by atoms with Gasteiger partial charge in [-0.05, 0) is 38.1 Å². The molecule has 1 aromatic heterocycles. The molecule has 19 heavy (non-hydrogen) atoms. The van der Waals surface area contributed by atoms with Crippen molar-refractivity contribution in [3.63, 3.8) is 0 Å². The van der Waals surface area contributed by atoms with E-state index in [0.29, 0.717) is 0 Å². The smallest absolute Gasteiger partial charge is 0.319 e. The molecule has 6 heteroatoms. The van der Waals surface area contributed by atoms with Crippen LogP contribution in [0.4, 0.5) is 10.5 Å². The third kappa shape index (κ3) is 2.85. The second kappa shape index (κ2) is 5.14. The summed E-state index contributed by atoms with van der Waals surface area (Å²) in [5.41, 5.74) is 1.79. The topological polar surface area (TPSA) is 66.0 Å². The van der Waals surface area contributed by atoms with E-state index in [-0.39, 0.29) is 12.1 Å². The molecule has 5 nitrogen and oxygen atoms in total. The predicted octanol–water partition coefficient (Wildman–Crippen LogP) is 2.09. The molecule has 0 saturated carbocycles. The second-order valence-corrected chi connectivity index (χ2v) is 5.94. The van der Waals surface area contributed by atoms with Gasteiger partial charge in [0, 0.05) is 18.3 Å². The molecule has 1 fully saturated rings. The summed E-state index contributed by atoms with van der Waals surface area (Å²) in [6.45, 7) is 3.80. The van der Waals surface area contributed by atoms with Gasteiger partial charge in [0.2, 0.25) is 0 Å². The van der Waals surface area contributed by atoms with Gasteiger partial charge in [0.1, 0.15) is 0 Å². The molecule has 3 N–H and O–H groups in total. The van der Waals surface area contributed by atoms with Gasteiger partial charge in [-0.3, -0.25) is 0 Å². The molecule has 2 aromatic rings. The van der Waals surface area contributed by atoms with Crippen molar-refractivity contribution in [3.8, 4) is 0 Å². The van der Waals surface area contributed by atoms with E-state index in [9.17, 15) is 4.79 Å². The number of aromatic nitrogens is 1. The summed E-state index contributed by atoms with van der Waals surface area (Å²) in [6.07, 6.45) is 0.987. The number of aryl methyl sites for hydroxylation is 1. The number of urea groups is 1. The number of anilines is 1. The van der Waals surface area contributed by atoms with E-state index in [4.69, 9.17) is 0 Å². The van der Waals surface area contributed by atoms with E-state index in [1.165, 1.54) is 0 Å². The van der Waals surface area contributed by atoms with Crippen LogP contribution in [0, 0.1) is 6.92 Å². The number of nitrogens with zero attached hydrogens (tertiary/aromatic N) is 1. The van der Waals surface area contributed by atoms with E-state index in [1.807, 2.05) is 25.1 Å². The Morgan fingerprint density at radius 2 is 2.42 bits per heavy atom. The normalized spacial score (nSPS) is 18.7. The molecular weight excluding hydrogens is 260 g/mol. The van der Waals surface area contributed by atoms with E-state index in [1.54, 1.807) is 11.3 Å². The number of carbonyl (C=O) groups excluding carboxylic acids is 1. The van der Waals surface area contributed by atoms with Crippen LogP contribution in [0.25, 0.3) is 10.2 Å². The van der Waals surface area contributed by atoms with E-state index < -0.39 is 0 Å². The second-order valence-electron chi connectivity index (χ2n) is 4.70. The first-order chi connectivity index (χ1) is 9.20. The van der Waals surface area contributed by atoms with Crippen molar-refractivity contribution < 1.29 is 4.79 Å². The van der Waals surface area contributed by atoms with Gasteiger partial charge < -0.3 is 16.0 Å². The minimum absolute atomic E-state index is 0.144. The standard InChI is InChI=1S/C13H16N4OS/c1-8-15-11-3-2-9(6-12(11)19-8)16-13(18)17-10-4-5-14-7-10/h2-3,6,10,14H,4-5,7H2,1H3,(H2,16,17,18)/t10-/m1/s1. The van der Waals surface area contributed by atoms with Gasteiger partial charge >= 0.3 is 6.03 Å². The third-order valence-electron chi connectivity index (χ3n) is 3.15. The van der Waals surface area contributed by atoms with Crippen molar-refractivity contribution in [2.75, 3.05) is 18.4 Å². The molecule has 0 unspecified atom stereocenters. The summed E-state index contributed by atoms with van der Waals surface area (Å²) in [5, 5.41) is 10.1. The average molecular weight is 276 g/mol. The molecule has 100 valence electrons. The number of benzene rings is 1. The van der Waals surface area contributed by atoms with Crippen molar-refractivity contribution in [1.82, 2.24) is 15.6 Å². The molecule has 1 aliphatic rings. The van der Waals surface area contributed by atoms with Gasteiger partial charge in [-0.2, -0.15) is 0 Å². The van der Waals surface area contributed by atoms with Gasteiger partial charge in [0.15, 0.2) is 0 Å². The van der Waals surface area contributed by atoms with Gasteiger partial charge in [0.25, 0.3) is 0 Å². The fourth-order valence-electron chi connectivity index (χ4n) is 2.25. The predicted molar refractivity (Wildman–Crippen MR) is 77.8 cm³/mol. The fourth-order valence-corrected chi connectivity index (χ4v) is 3.11. The quantitative estimate of drug-likeness (QED) is 0.787. The van der Waals surface area contributed by atoms with Crippen LogP contribution >= 0.6 is 11.3 Å². The van der Waals surface area contributed by atoms with Crippen LogP contribution in [-0.2, 0) is 0 Å². The van der Waals surface area contributed by atoms with Gasteiger partial charge in [-0.15, -0.1) is 11.3 Å². The lowest BCUT2D eigenvalue weighted by Gasteiger charge is -2.12. The Morgan fingerprint density at radius 3 is 3.21 bits per heavy atom. The number of thiazole rings is 1. The molecule has 2 amide bonds. The van der Waals surface area contributed by atoms with Crippen LogP contribution in [0.1, 0.15) is 11.4 Å². The Balaban J connectivity index is 1.68. The highest BCUT2D eigenvalue weighted by Gasteiger charge is 2.16. The molecule has 3 rings (SSSR count). The van der Waals surface area contributed by atoms with E-state index in [2.05, 4.69) is 20.9 Å². The maximum atomic E-state index is 11.8. The summed E-state index contributed by atoms with van der Waals surface area (Å²) in [7, 11) is 0. The summed E-state index contributed by atoms with van der Waals surface area (Å²) in [6, 6.07) is 5.87. The number of carbonyl (C=O) groups is 1. The zero-order valence-corrected chi connectivity index (χ0v) is 11.5. The van der Waals surface area contributed by atoms with E-state index in [0.717, 1.165) is 40.4 Å². The number of fused-ring (bicyclic) bond motifs is 1. The largest absolute Gasteiger partial charge is 0.334 e. The van der Waals surface area contributed by atoms with Crippen LogP contribution in [0.2, 0.25) is 0 Å². The molecule has 1 aromatic carbocycles. The van der Waals surface area contributed by atoms with Crippen LogP contribution in [0.5, 0.6) is 0 Å². The third-order valence-corrected chi connectivity index (χ3v) is 4.08. The Bertz CT molecular complexity index is 604. The lowest BCUT2D eigenvalue weighted by molar-refractivity contribution is 0.249. The van der Waals surface area contributed by atoms with Crippen LogP contribution in [0.3, 0.4) is 0 Å². The first-order valence-electron chi connectivity index (χ1n) is 6.36. The lowest BCUT2D eigenvalue weighted by Crippen LogP contribution is -2.39. The highest BCUT2D eigenvalue weighted by atomic mass is 32.1. The Morgan fingerprint density at radius 1 is 1.53 bits per heavy atom. The average Bonchev–Trinajstić information content (AvgIpc) is 2.96. The molecular formula is C13H16N4OS. The molecule has 1 atom stereocenters. The van der Waals surface area contributed by atoms with Crippen LogP contribution in [-0.4, -0.2) is 30.1 Å². The highest BCUT2D eigenvalue weighted by molar-refractivity contribution is 7.18. The molecule has 1 saturated heterocycles. The van der Waals surface area contributed by atoms with Crippen LogP contribution in [0.15, 0.2) is 18.2 Å². The Kier molecular flexibility index (Phi) is 3.35. The minimum Gasteiger partial charge on any atom is -0.334 e. The number of amides is 2. The van der Waals surface area contributed by atoms with Crippen molar-refractivity contribution in [1.29, 1.82) is 0 Å². The van der Waals surface area contributed by atoms with Crippen molar-refractivity contribution in [2.45, 2.75) is 19.4 Å². The van der Waals surface area contributed by atoms with Crippen molar-refractivity contribution in [3.05, 3.63) is 23.2 Å². The molecule has 2 heterocycles. The minimum atomic E-state index is -0.144. The molecule has 0 aliphatic carbocycles. The zero-order chi connectivity index (χ0) is 13.2. The fraction of sp³-hybridized carbons (Fsp3) is 0.385. The van der Waals surface area contributed by atoms with Gasteiger partial charge in [-0.25, -0.2) is 9.78 Å². The van der Waals surface area contributed by atoms with Gasteiger partial charge in [-0.1, -0.05) is 0 Å². The SMILES string of the molecule is Cc1nc2ccc(NC(=O)N[C@@H]3CCNC3)cc2s1. The molecule has 0 spiro atoms. The molecule has 0 bridgehead atoms. The summed E-state index contributed by atoms with van der Waals surface area (Å²) >= 11 is 1.63. The van der Waals surface area contributed by atoms with Crippen molar-refractivity contribution in [2.24, 2.45) is 0 Å². The van der Waals surface area contributed by atoms with E-state index >= 15 is 0 Å². The van der Waals surface area contributed by atoms with Gasteiger partial charge in [0.05, 0.1) is 15.2 Å². The summed E-state index contributed by atoms with van der Waals surface area (Å²) in [4.78, 5) is 16.2. The van der Waals surface area contributed by atoms with Crippen molar-refractivity contribution >= 4 is 33.3 Å². The number of nitrogens with one attached hydrogen (secondary N) is 3. The Hall–Kier alpha value is -1.66. The number of hydrogen-bond acceptors (Lipinski definition) is 4. The first kappa shape index (κ1) is 12.4. The van der Waals surface area contributed by atoms with Crippen LogP contribution < -0.4 is 16.0 Å². The highest BCUT2D eigenvalue weighted by Crippen LogP contribution is 2.24. The summed E-state index contributed by atoms with van der Waals surface area (Å²) < 4.78 is 1.10. The zero-order valence-electron chi connectivity index (χ0n) is 10.7. The summed E-state index contributed by atoms with van der Waals surface area (Å²) in [5.74, 6) is 0. The lowest BCUT2D eigenvalue weighted by atomic mass is 10.2. The number of hydrogen-bond donors (Lipinski definition) is 3. The monoisotopic (exact) mass is 276 g/mol. The maximum Gasteiger partial charge on any atom is 0.319 e. The Labute approximate surface area is 115 Å². The number of rotatable bonds is 2. The molecule has 0 radical (unpaired) electrons. The molecule has 1 aliphatic heterocycles.